The van der Waals surface area contributed by atoms with Crippen molar-refractivity contribution in [1.29, 1.82) is 0 Å². The summed E-state index contributed by atoms with van der Waals surface area (Å²) in [5, 5.41) is 0. The predicted molar refractivity (Wildman–Crippen MR) is 74.6 cm³/mol. The summed E-state index contributed by atoms with van der Waals surface area (Å²) >= 11 is 0. The highest BCUT2D eigenvalue weighted by atomic mass is 19.1. The highest BCUT2D eigenvalue weighted by Gasteiger charge is 2.16. The minimum Gasteiger partial charge on any atom is -0.497 e. The van der Waals surface area contributed by atoms with Gasteiger partial charge in [-0.1, -0.05) is 6.07 Å². The van der Waals surface area contributed by atoms with Crippen LogP contribution in [-0.2, 0) is 11.3 Å². The number of hydrogen-bond acceptors (Lipinski definition) is 5. The Morgan fingerprint density at radius 1 is 1.18 bits per heavy atom. The SMILES string of the molecule is COc1ccc(C(=O)OCc2ccc3c(c2)OCO3)c(F)c1. The summed E-state index contributed by atoms with van der Waals surface area (Å²) in [4.78, 5) is 11.9. The van der Waals surface area contributed by atoms with E-state index in [1.807, 2.05) is 0 Å². The van der Waals surface area contributed by atoms with Crippen LogP contribution in [0.25, 0.3) is 0 Å². The largest absolute Gasteiger partial charge is 0.497 e. The van der Waals surface area contributed by atoms with E-state index in [0.717, 1.165) is 11.6 Å². The summed E-state index contributed by atoms with van der Waals surface area (Å²) in [5.74, 6) is 0.165. The number of ether oxygens (including phenoxy) is 4. The van der Waals surface area contributed by atoms with Gasteiger partial charge in [0.05, 0.1) is 12.7 Å². The lowest BCUT2D eigenvalue weighted by Gasteiger charge is -2.07. The lowest BCUT2D eigenvalue weighted by Crippen LogP contribution is -2.07. The van der Waals surface area contributed by atoms with Gasteiger partial charge < -0.3 is 18.9 Å². The topological polar surface area (TPSA) is 54.0 Å². The van der Waals surface area contributed by atoms with E-state index >= 15 is 0 Å². The van der Waals surface area contributed by atoms with Crippen LogP contribution in [0, 0.1) is 5.82 Å². The van der Waals surface area contributed by atoms with Gasteiger partial charge in [-0.3, -0.25) is 0 Å². The zero-order valence-electron chi connectivity index (χ0n) is 11.8. The van der Waals surface area contributed by atoms with Gasteiger partial charge in [0.2, 0.25) is 6.79 Å². The van der Waals surface area contributed by atoms with Gasteiger partial charge in [-0.2, -0.15) is 0 Å². The van der Waals surface area contributed by atoms with Gasteiger partial charge in [-0.05, 0) is 29.8 Å². The van der Waals surface area contributed by atoms with Crippen molar-refractivity contribution in [3.63, 3.8) is 0 Å². The molecule has 0 fully saturated rings. The first-order chi connectivity index (χ1) is 10.7. The molecule has 1 heterocycles. The molecule has 0 aromatic heterocycles. The second-order valence-corrected chi connectivity index (χ2v) is 4.61. The van der Waals surface area contributed by atoms with Gasteiger partial charge in [0, 0.05) is 6.07 Å². The molecule has 0 unspecified atom stereocenters. The Labute approximate surface area is 126 Å². The zero-order chi connectivity index (χ0) is 15.5. The van der Waals surface area contributed by atoms with Crippen molar-refractivity contribution in [3.8, 4) is 17.2 Å². The number of carbonyl (C=O) groups excluding carboxylic acids is 1. The lowest BCUT2D eigenvalue weighted by molar-refractivity contribution is 0.0467. The molecule has 1 aliphatic heterocycles. The molecule has 0 bridgehead atoms. The average Bonchev–Trinajstić information content (AvgIpc) is 3.00. The molecule has 0 saturated carbocycles. The Hall–Kier alpha value is -2.76. The molecule has 0 radical (unpaired) electrons. The zero-order valence-corrected chi connectivity index (χ0v) is 11.8. The summed E-state index contributed by atoms with van der Waals surface area (Å²) < 4.78 is 34.2. The molecule has 1 aliphatic rings. The van der Waals surface area contributed by atoms with Crippen LogP contribution >= 0.6 is 0 Å². The van der Waals surface area contributed by atoms with Crippen molar-refractivity contribution in [2.45, 2.75) is 6.61 Å². The van der Waals surface area contributed by atoms with Crippen LogP contribution < -0.4 is 14.2 Å². The van der Waals surface area contributed by atoms with Crippen molar-refractivity contribution >= 4 is 5.97 Å². The van der Waals surface area contributed by atoms with E-state index in [4.69, 9.17) is 18.9 Å². The van der Waals surface area contributed by atoms with Crippen molar-refractivity contribution in [3.05, 3.63) is 53.3 Å². The molecular weight excluding hydrogens is 291 g/mol. The molecule has 0 spiro atoms. The summed E-state index contributed by atoms with van der Waals surface area (Å²) in [6.07, 6.45) is 0. The van der Waals surface area contributed by atoms with E-state index in [2.05, 4.69) is 0 Å². The lowest BCUT2D eigenvalue weighted by atomic mass is 10.2. The molecule has 2 aromatic rings. The number of benzene rings is 2. The minimum absolute atomic E-state index is 0.0148. The number of esters is 1. The van der Waals surface area contributed by atoms with Crippen LogP contribution in [0.15, 0.2) is 36.4 Å². The number of carbonyl (C=O) groups is 1. The molecule has 0 amide bonds. The number of halogens is 1. The van der Waals surface area contributed by atoms with Gasteiger partial charge in [0.25, 0.3) is 0 Å². The molecule has 22 heavy (non-hydrogen) atoms. The minimum atomic E-state index is -0.738. The molecule has 0 aliphatic carbocycles. The summed E-state index contributed by atoms with van der Waals surface area (Å²) in [7, 11) is 1.42. The van der Waals surface area contributed by atoms with Crippen LogP contribution in [0.5, 0.6) is 17.2 Å². The Morgan fingerprint density at radius 2 is 2.00 bits per heavy atom. The van der Waals surface area contributed by atoms with Crippen molar-refractivity contribution in [1.82, 2.24) is 0 Å². The fourth-order valence-corrected chi connectivity index (χ4v) is 2.05. The average molecular weight is 304 g/mol. The van der Waals surface area contributed by atoms with Crippen molar-refractivity contribution < 1.29 is 28.1 Å². The fraction of sp³-hybridized carbons (Fsp3) is 0.188. The number of fused-ring (bicyclic) bond motifs is 1. The molecule has 2 aromatic carbocycles. The molecule has 6 heteroatoms. The Balaban J connectivity index is 1.67. The standard InChI is InChI=1S/C16H13FO5/c1-19-11-3-4-12(13(17)7-11)16(18)20-8-10-2-5-14-15(6-10)22-9-21-14/h2-7H,8-9H2,1H3. The van der Waals surface area contributed by atoms with E-state index in [1.165, 1.54) is 19.2 Å². The first kappa shape index (κ1) is 14.2. The highest BCUT2D eigenvalue weighted by molar-refractivity contribution is 5.89. The van der Waals surface area contributed by atoms with E-state index < -0.39 is 11.8 Å². The maximum Gasteiger partial charge on any atom is 0.341 e. The summed E-state index contributed by atoms with van der Waals surface area (Å²) in [5.41, 5.74) is 0.591. The van der Waals surface area contributed by atoms with Gasteiger partial charge in [-0.15, -0.1) is 0 Å². The maximum atomic E-state index is 13.8. The molecule has 114 valence electrons. The maximum absolute atomic E-state index is 13.8. The van der Waals surface area contributed by atoms with Crippen LogP contribution in [0.3, 0.4) is 0 Å². The van der Waals surface area contributed by atoms with E-state index in [9.17, 15) is 9.18 Å². The Kier molecular flexibility index (Phi) is 3.82. The van der Waals surface area contributed by atoms with E-state index in [-0.39, 0.29) is 19.0 Å². The number of methoxy groups -OCH3 is 1. The van der Waals surface area contributed by atoms with Gasteiger partial charge in [0.1, 0.15) is 18.2 Å². The van der Waals surface area contributed by atoms with Crippen molar-refractivity contribution in [2.75, 3.05) is 13.9 Å². The van der Waals surface area contributed by atoms with Crippen LogP contribution in [-0.4, -0.2) is 19.9 Å². The number of rotatable bonds is 4. The molecule has 0 atom stereocenters. The first-order valence-corrected chi connectivity index (χ1v) is 6.56. The monoisotopic (exact) mass is 304 g/mol. The molecule has 3 rings (SSSR count). The first-order valence-electron chi connectivity index (χ1n) is 6.56. The Bertz CT molecular complexity index is 714. The predicted octanol–water partition coefficient (Wildman–Crippen LogP) is 2.92. The smallest absolute Gasteiger partial charge is 0.341 e. The van der Waals surface area contributed by atoms with Gasteiger partial charge in [-0.25, -0.2) is 9.18 Å². The number of hydrogen-bond donors (Lipinski definition) is 0. The second-order valence-electron chi connectivity index (χ2n) is 4.61. The molecule has 0 N–H and O–H groups in total. The summed E-state index contributed by atoms with van der Waals surface area (Å²) in [6, 6.07) is 9.18. The van der Waals surface area contributed by atoms with E-state index in [0.29, 0.717) is 17.2 Å². The quantitative estimate of drug-likeness (QED) is 0.813. The third-order valence-corrected chi connectivity index (χ3v) is 3.20. The van der Waals surface area contributed by atoms with Gasteiger partial charge in [0.15, 0.2) is 11.5 Å². The van der Waals surface area contributed by atoms with Crippen molar-refractivity contribution in [2.24, 2.45) is 0 Å². The third kappa shape index (κ3) is 2.81. The fourth-order valence-electron chi connectivity index (χ4n) is 2.05. The van der Waals surface area contributed by atoms with E-state index in [1.54, 1.807) is 18.2 Å². The van der Waals surface area contributed by atoms with Gasteiger partial charge >= 0.3 is 5.97 Å². The molecular formula is C16H13FO5. The van der Waals surface area contributed by atoms with Crippen LogP contribution in [0.4, 0.5) is 4.39 Å². The normalized spacial score (nSPS) is 12.1. The molecule has 5 nitrogen and oxygen atoms in total. The molecule has 0 saturated heterocycles. The highest BCUT2D eigenvalue weighted by Crippen LogP contribution is 2.32. The van der Waals surface area contributed by atoms with Crippen LogP contribution in [0.1, 0.15) is 15.9 Å². The second kappa shape index (κ2) is 5.93. The van der Waals surface area contributed by atoms with Crippen LogP contribution in [0.2, 0.25) is 0 Å². The third-order valence-electron chi connectivity index (χ3n) is 3.20. The Morgan fingerprint density at radius 3 is 2.77 bits per heavy atom. The summed E-state index contributed by atoms with van der Waals surface area (Å²) in [6.45, 7) is 0.191.